The van der Waals surface area contributed by atoms with Crippen molar-refractivity contribution in [3.63, 3.8) is 0 Å². The van der Waals surface area contributed by atoms with Crippen LogP contribution in [0.2, 0.25) is 0 Å². The highest BCUT2D eigenvalue weighted by molar-refractivity contribution is 9.10. The van der Waals surface area contributed by atoms with Gasteiger partial charge in [-0.15, -0.1) is 0 Å². The van der Waals surface area contributed by atoms with Crippen molar-refractivity contribution in [1.82, 2.24) is 5.32 Å². The summed E-state index contributed by atoms with van der Waals surface area (Å²) in [5.74, 6) is 0.322. The highest BCUT2D eigenvalue weighted by atomic mass is 79.9. The first-order valence-electron chi connectivity index (χ1n) is 7.26. The molecular formula is C17H14BrN3O3. The fraction of sp³-hybridized carbons (Fsp3) is 0.118. The number of amides is 2. The van der Waals surface area contributed by atoms with E-state index in [4.69, 9.17) is 4.74 Å². The number of carbonyl (C=O) groups excluding carboxylic acids is 2. The zero-order valence-corrected chi connectivity index (χ0v) is 14.2. The molecule has 1 heterocycles. The number of hydrogen-bond acceptors (Lipinski definition) is 4. The monoisotopic (exact) mass is 387 g/mol. The fourth-order valence-electron chi connectivity index (χ4n) is 2.17. The maximum atomic E-state index is 12.0. The van der Waals surface area contributed by atoms with Gasteiger partial charge in [0.05, 0.1) is 16.6 Å². The average Bonchev–Trinajstić information content (AvgIpc) is 2.95. The van der Waals surface area contributed by atoms with Gasteiger partial charge in [0.15, 0.2) is 6.61 Å². The summed E-state index contributed by atoms with van der Waals surface area (Å²) in [7, 11) is 0. The average molecular weight is 388 g/mol. The van der Waals surface area contributed by atoms with Crippen LogP contribution >= 0.6 is 15.9 Å². The summed E-state index contributed by atoms with van der Waals surface area (Å²) in [6.07, 6.45) is 0.0513. The first kappa shape index (κ1) is 16.2. The van der Waals surface area contributed by atoms with E-state index in [2.05, 4.69) is 26.3 Å². The Kier molecular flexibility index (Phi) is 4.90. The summed E-state index contributed by atoms with van der Waals surface area (Å²) in [6.45, 7) is -0.166. The number of nitrogens with zero attached hydrogens (tertiary/aromatic N) is 2. The molecule has 7 heteroatoms. The van der Waals surface area contributed by atoms with Crippen LogP contribution < -0.4 is 15.1 Å². The summed E-state index contributed by atoms with van der Waals surface area (Å²) >= 11 is 3.34. The molecule has 1 aliphatic rings. The summed E-state index contributed by atoms with van der Waals surface area (Å²) in [5, 5.41) is 8.04. The summed E-state index contributed by atoms with van der Waals surface area (Å²) in [5.41, 5.74) is 0.663. The van der Waals surface area contributed by atoms with Gasteiger partial charge in [-0.05, 0) is 40.2 Å². The molecule has 0 fully saturated rings. The van der Waals surface area contributed by atoms with Crippen LogP contribution in [0.1, 0.15) is 6.42 Å². The largest absolute Gasteiger partial charge is 0.483 e. The molecule has 2 aromatic rings. The summed E-state index contributed by atoms with van der Waals surface area (Å²) < 4.78 is 6.20. The lowest BCUT2D eigenvalue weighted by atomic mass is 10.3. The number of benzene rings is 2. The van der Waals surface area contributed by atoms with Gasteiger partial charge >= 0.3 is 0 Å². The van der Waals surface area contributed by atoms with E-state index in [-0.39, 0.29) is 24.8 Å². The van der Waals surface area contributed by atoms with Gasteiger partial charge in [0.2, 0.25) is 0 Å². The third-order valence-electron chi connectivity index (χ3n) is 3.26. The Balaban J connectivity index is 1.59. The van der Waals surface area contributed by atoms with Crippen molar-refractivity contribution < 1.29 is 14.3 Å². The van der Waals surface area contributed by atoms with Crippen molar-refractivity contribution in [2.75, 3.05) is 11.6 Å². The van der Waals surface area contributed by atoms with Crippen molar-refractivity contribution in [3.05, 3.63) is 59.1 Å². The smallest absolute Gasteiger partial charge is 0.263 e. The molecule has 0 unspecified atom stereocenters. The lowest BCUT2D eigenvalue weighted by molar-refractivity contribution is -0.121. The van der Waals surface area contributed by atoms with Crippen molar-refractivity contribution in [2.45, 2.75) is 6.42 Å². The van der Waals surface area contributed by atoms with Gasteiger partial charge in [-0.3, -0.25) is 9.59 Å². The van der Waals surface area contributed by atoms with Crippen LogP contribution in [-0.4, -0.2) is 24.3 Å². The molecule has 0 aromatic heterocycles. The molecule has 0 bridgehead atoms. The second-order valence-corrected chi connectivity index (χ2v) is 5.89. The number of hydrogen-bond donors (Lipinski definition) is 1. The number of rotatable bonds is 4. The maximum Gasteiger partial charge on any atom is 0.263 e. The van der Waals surface area contributed by atoms with Crippen molar-refractivity contribution >= 4 is 39.3 Å². The fourth-order valence-corrected chi connectivity index (χ4v) is 2.57. The number of ether oxygens (including phenoxy) is 1. The van der Waals surface area contributed by atoms with E-state index in [0.29, 0.717) is 17.3 Å². The molecule has 0 spiro atoms. The van der Waals surface area contributed by atoms with E-state index < -0.39 is 0 Å². The molecule has 122 valence electrons. The zero-order valence-electron chi connectivity index (χ0n) is 12.6. The van der Waals surface area contributed by atoms with E-state index >= 15 is 0 Å². The first-order valence-corrected chi connectivity index (χ1v) is 8.05. The molecule has 6 nitrogen and oxygen atoms in total. The number of halogens is 1. The van der Waals surface area contributed by atoms with Gasteiger partial charge in [-0.2, -0.15) is 10.1 Å². The molecule has 0 aliphatic carbocycles. The number of para-hydroxylation sites is 2. The highest BCUT2D eigenvalue weighted by Gasteiger charge is 2.26. The minimum Gasteiger partial charge on any atom is -0.483 e. The highest BCUT2D eigenvalue weighted by Crippen LogP contribution is 2.23. The van der Waals surface area contributed by atoms with Gasteiger partial charge in [0.25, 0.3) is 11.8 Å². The molecule has 0 saturated carbocycles. The molecular weight excluding hydrogens is 374 g/mol. The van der Waals surface area contributed by atoms with Crippen LogP contribution in [0.3, 0.4) is 0 Å². The quantitative estimate of drug-likeness (QED) is 0.876. The predicted molar refractivity (Wildman–Crippen MR) is 93.8 cm³/mol. The van der Waals surface area contributed by atoms with Crippen molar-refractivity contribution in [2.24, 2.45) is 5.10 Å². The number of nitrogens with one attached hydrogen (secondary N) is 1. The van der Waals surface area contributed by atoms with E-state index in [9.17, 15) is 9.59 Å². The van der Waals surface area contributed by atoms with Crippen molar-refractivity contribution in [1.29, 1.82) is 0 Å². The number of anilines is 1. The number of amidine groups is 1. The molecule has 0 radical (unpaired) electrons. The SMILES string of the molecule is O=C(COc1ccccc1Br)NC1=NN(c2ccccc2)C(=O)C1. The first-order chi connectivity index (χ1) is 11.6. The molecule has 2 aromatic carbocycles. The molecule has 1 aliphatic heterocycles. The normalized spacial score (nSPS) is 13.6. The Labute approximate surface area is 147 Å². The van der Waals surface area contributed by atoms with Crippen LogP contribution in [-0.2, 0) is 9.59 Å². The Hall–Kier alpha value is -2.67. The topological polar surface area (TPSA) is 71.0 Å². The van der Waals surface area contributed by atoms with Crippen LogP contribution in [0.4, 0.5) is 5.69 Å². The van der Waals surface area contributed by atoms with Gasteiger partial charge in [-0.25, -0.2) is 0 Å². The van der Waals surface area contributed by atoms with Crippen LogP contribution in [0.5, 0.6) is 5.75 Å². The second-order valence-electron chi connectivity index (χ2n) is 5.03. The van der Waals surface area contributed by atoms with E-state index in [1.165, 1.54) is 5.01 Å². The minimum absolute atomic E-state index is 0.0513. The second kappa shape index (κ2) is 7.27. The Morgan fingerprint density at radius 3 is 2.62 bits per heavy atom. The molecule has 0 atom stereocenters. The van der Waals surface area contributed by atoms with Gasteiger partial charge in [0.1, 0.15) is 11.6 Å². The summed E-state index contributed by atoms with van der Waals surface area (Å²) in [4.78, 5) is 24.0. The zero-order chi connectivity index (χ0) is 16.9. The maximum absolute atomic E-state index is 12.0. The van der Waals surface area contributed by atoms with Gasteiger partial charge in [0, 0.05) is 0 Å². The third-order valence-corrected chi connectivity index (χ3v) is 3.91. The molecule has 0 saturated heterocycles. The Bertz CT molecular complexity index is 793. The van der Waals surface area contributed by atoms with Gasteiger partial charge in [-0.1, -0.05) is 30.3 Å². The number of carbonyl (C=O) groups is 2. The Morgan fingerprint density at radius 2 is 1.88 bits per heavy atom. The standard InChI is InChI=1S/C17H14BrN3O3/c18-13-8-4-5-9-14(13)24-11-16(22)19-15-10-17(23)21(20-15)12-6-2-1-3-7-12/h1-9H,10-11H2,(H,19,20,22). The van der Waals surface area contributed by atoms with Crippen molar-refractivity contribution in [3.8, 4) is 5.75 Å². The van der Waals surface area contributed by atoms with Gasteiger partial charge < -0.3 is 10.1 Å². The van der Waals surface area contributed by atoms with Crippen LogP contribution in [0, 0.1) is 0 Å². The van der Waals surface area contributed by atoms with Crippen LogP contribution in [0.25, 0.3) is 0 Å². The third kappa shape index (κ3) is 3.80. The summed E-state index contributed by atoms with van der Waals surface area (Å²) in [6, 6.07) is 16.3. The Morgan fingerprint density at radius 1 is 1.17 bits per heavy atom. The van der Waals surface area contributed by atoms with E-state index in [0.717, 1.165) is 4.47 Å². The molecule has 3 rings (SSSR count). The number of hydrazone groups is 1. The lowest BCUT2D eigenvalue weighted by Crippen LogP contribution is -2.33. The predicted octanol–water partition coefficient (Wildman–Crippen LogP) is 2.69. The molecule has 24 heavy (non-hydrogen) atoms. The molecule has 1 N–H and O–H groups in total. The molecule has 2 amide bonds. The van der Waals surface area contributed by atoms with E-state index in [1.807, 2.05) is 36.4 Å². The lowest BCUT2D eigenvalue weighted by Gasteiger charge is -2.10. The van der Waals surface area contributed by atoms with E-state index in [1.54, 1.807) is 18.2 Å². The van der Waals surface area contributed by atoms with Crippen LogP contribution in [0.15, 0.2) is 64.2 Å². The minimum atomic E-state index is -0.368.